The summed E-state index contributed by atoms with van der Waals surface area (Å²) in [7, 11) is 5.28. The van der Waals surface area contributed by atoms with Gasteiger partial charge in [0.25, 0.3) is 44.5 Å². The van der Waals surface area contributed by atoms with E-state index >= 15 is 0 Å². The summed E-state index contributed by atoms with van der Waals surface area (Å²) in [4.78, 5) is 162. The van der Waals surface area contributed by atoms with Gasteiger partial charge in [0.05, 0.1) is 110 Å². The van der Waals surface area contributed by atoms with Crippen LogP contribution in [0, 0.1) is 0 Å². The number of ether oxygens (including phenoxy) is 5. The predicted molar refractivity (Wildman–Crippen MR) is 291 cm³/mol. The first-order valence-corrected chi connectivity index (χ1v) is 24.5. The molecule has 9 aromatic rings. The highest BCUT2D eigenvalue weighted by atomic mass is 16.5. The van der Waals surface area contributed by atoms with E-state index in [1.54, 1.807) is 38.5 Å². The number of rotatable bonds is 17. The fourth-order valence-corrected chi connectivity index (χ4v) is 9.61. The molecule has 9 rings (SSSR count). The third kappa shape index (κ3) is 11.3. The highest BCUT2D eigenvalue weighted by Gasteiger charge is 2.41. The third-order valence-corrected chi connectivity index (χ3v) is 13.7. The van der Waals surface area contributed by atoms with Crippen LogP contribution >= 0.6 is 0 Å². The molecular formula is C57H50N4O22. The standard InChI is InChI=1S/C38H34N2O10.C17H16N2O8.2CO2/c1-22(20-41)39-33(42)28-18-30-31(19-29(28)34(39)43)36(45)40(35(30)44)32(37(46)49-4)21-50-38(23-8-6-5-7-9-23,24-10-14-26(47-2)15-11-24)25-12-16-27(48-3)17-13-25;1-7(5-20)18-13(22)8-3-10-11(4-9(8)14(18)23)16(25)19(15(10)24)12(6-21)17(26)27-2;2*2-1-3/h5-19,22,32,41H,20-21H2,1-4H3;3-4,7,12,20-21H,5-6H2,1-2H3;;. The van der Waals surface area contributed by atoms with Gasteiger partial charge in [-0.05, 0) is 79.1 Å². The van der Waals surface area contributed by atoms with Gasteiger partial charge in [0, 0.05) is 0 Å². The van der Waals surface area contributed by atoms with Gasteiger partial charge >= 0.3 is 24.2 Å². The average molecular weight is 1140 g/mol. The summed E-state index contributed by atoms with van der Waals surface area (Å²) in [5, 5.41) is 27.3. The molecular weight excluding hydrogens is 1090 g/mol. The molecule has 5 aromatic carbocycles. The molecule has 4 aromatic heterocycles. The largest absolute Gasteiger partial charge is 0.497 e. The molecule has 0 radical (unpaired) electrons. The number of hydrogen-bond acceptors (Lipinski definition) is 22. The van der Waals surface area contributed by atoms with E-state index in [2.05, 4.69) is 4.74 Å². The lowest BCUT2D eigenvalue weighted by Gasteiger charge is -2.37. The van der Waals surface area contributed by atoms with Crippen LogP contribution in [0.5, 0.6) is 11.5 Å². The zero-order valence-corrected chi connectivity index (χ0v) is 44.8. The van der Waals surface area contributed by atoms with E-state index < -0.39 is 113 Å². The number of esters is 2. The van der Waals surface area contributed by atoms with Gasteiger partial charge in [-0.2, -0.15) is 19.2 Å². The van der Waals surface area contributed by atoms with Crippen molar-refractivity contribution >= 4 is 67.3 Å². The number of nitrogens with zero attached hydrogens (tertiary/aromatic N) is 4. The van der Waals surface area contributed by atoms with Gasteiger partial charge in [-0.3, -0.25) is 56.6 Å². The number of hydrogen-bond donors (Lipinski definition) is 3. The van der Waals surface area contributed by atoms with Crippen molar-refractivity contribution in [3.8, 4) is 11.5 Å². The van der Waals surface area contributed by atoms with Gasteiger partial charge in [-0.25, -0.2) is 9.59 Å². The van der Waals surface area contributed by atoms with E-state index in [0.29, 0.717) is 32.8 Å². The maximum Gasteiger partial charge on any atom is 0.373 e. The summed E-state index contributed by atoms with van der Waals surface area (Å²) < 4.78 is 30.3. The van der Waals surface area contributed by atoms with Crippen LogP contribution in [-0.4, -0.2) is 113 Å². The minimum absolute atomic E-state index is 0.0688. The Balaban J connectivity index is 0.000000281. The van der Waals surface area contributed by atoms with Crippen molar-refractivity contribution < 1.29 is 67.8 Å². The van der Waals surface area contributed by atoms with Crippen molar-refractivity contribution in [1.29, 1.82) is 0 Å². The Hall–Kier alpha value is -10.2. The fraction of sp³-hybridized carbons (Fsp3) is 0.263. The van der Waals surface area contributed by atoms with Crippen molar-refractivity contribution in [2.75, 3.05) is 54.9 Å². The van der Waals surface area contributed by atoms with Gasteiger partial charge in [-0.15, -0.1) is 0 Å². The van der Waals surface area contributed by atoms with Gasteiger partial charge in [0.15, 0.2) is 12.1 Å². The maximum atomic E-state index is 14.0. The molecule has 26 heteroatoms. The van der Waals surface area contributed by atoms with Crippen molar-refractivity contribution in [1.82, 2.24) is 18.3 Å². The number of carbonyl (C=O) groups is 2. The molecule has 430 valence electrons. The quantitative estimate of drug-likeness (QED) is 0.0810. The van der Waals surface area contributed by atoms with Crippen LogP contribution in [0.15, 0.2) is 141 Å². The molecule has 0 bridgehead atoms. The maximum absolute atomic E-state index is 14.0. The molecule has 4 heterocycles. The normalized spacial score (nSPS) is 12.5. The second-order valence-electron chi connectivity index (χ2n) is 18.1. The number of methoxy groups -OCH3 is 4. The molecule has 0 aliphatic heterocycles. The molecule has 0 aliphatic carbocycles. The third-order valence-electron chi connectivity index (χ3n) is 13.7. The molecule has 0 aliphatic rings. The van der Waals surface area contributed by atoms with Gasteiger partial charge in [0.2, 0.25) is 0 Å². The number of fused-ring (bicyclic) bond motifs is 4. The molecule has 83 heavy (non-hydrogen) atoms. The highest BCUT2D eigenvalue weighted by molar-refractivity contribution is 5.99. The minimum atomic E-state index is -1.57. The van der Waals surface area contributed by atoms with E-state index in [9.17, 15) is 63.3 Å². The van der Waals surface area contributed by atoms with Crippen LogP contribution in [0.4, 0.5) is 0 Å². The number of benzene rings is 5. The Kier molecular flexibility index (Phi) is 19.7. The Bertz CT molecular complexity index is 4160. The van der Waals surface area contributed by atoms with Gasteiger partial charge in [0.1, 0.15) is 17.1 Å². The zero-order valence-electron chi connectivity index (χ0n) is 44.8. The van der Waals surface area contributed by atoms with E-state index in [1.807, 2.05) is 54.6 Å². The Morgan fingerprint density at radius 2 is 0.711 bits per heavy atom. The lowest BCUT2D eigenvalue weighted by molar-refractivity contribution is -0.193. The lowest BCUT2D eigenvalue weighted by atomic mass is 9.80. The van der Waals surface area contributed by atoms with E-state index in [1.165, 1.54) is 26.0 Å². The lowest BCUT2D eigenvalue weighted by Crippen LogP contribution is -2.41. The average Bonchev–Trinajstić information content (AvgIpc) is 2.50. The number of aliphatic hydroxyl groups excluding tert-OH is 3. The van der Waals surface area contributed by atoms with Gasteiger partial charge < -0.3 is 39.0 Å². The molecule has 26 nitrogen and oxygen atoms in total. The van der Waals surface area contributed by atoms with E-state index in [0.717, 1.165) is 40.1 Å². The van der Waals surface area contributed by atoms with Crippen molar-refractivity contribution in [2.45, 2.75) is 43.6 Å². The summed E-state index contributed by atoms with van der Waals surface area (Å²) in [5.74, 6) is -0.702. The molecule has 0 saturated carbocycles. The van der Waals surface area contributed by atoms with Crippen molar-refractivity contribution in [3.63, 3.8) is 0 Å². The Labute approximate surface area is 464 Å². The van der Waals surface area contributed by atoms with E-state index in [4.69, 9.17) is 38.1 Å². The molecule has 3 N–H and O–H groups in total. The topological polar surface area (TPSA) is 366 Å². The minimum Gasteiger partial charge on any atom is -0.497 e. The Morgan fingerprint density at radius 3 is 0.988 bits per heavy atom. The summed E-state index contributed by atoms with van der Waals surface area (Å²) in [6.45, 7) is 0.739. The van der Waals surface area contributed by atoms with E-state index in [-0.39, 0.29) is 55.4 Å². The first-order valence-electron chi connectivity index (χ1n) is 24.5. The monoisotopic (exact) mass is 1140 g/mol. The van der Waals surface area contributed by atoms with Gasteiger partial charge in [-0.1, -0.05) is 54.6 Å². The zero-order chi connectivity index (χ0) is 61.2. The van der Waals surface area contributed by atoms with Crippen LogP contribution in [0.25, 0.3) is 43.1 Å². The highest BCUT2D eigenvalue weighted by Crippen LogP contribution is 2.42. The second-order valence-corrected chi connectivity index (χ2v) is 18.1. The van der Waals surface area contributed by atoms with Crippen molar-refractivity contribution in [3.05, 3.63) is 203 Å². The van der Waals surface area contributed by atoms with Crippen LogP contribution in [0.3, 0.4) is 0 Å². The molecule has 0 spiro atoms. The number of aliphatic hydroxyl groups is 3. The number of carbonyl (C=O) groups excluding carboxylic acids is 6. The molecule has 4 unspecified atom stereocenters. The first kappa shape index (κ1) is 62.0. The molecule has 4 atom stereocenters. The van der Waals surface area contributed by atoms with Crippen molar-refractivity contribution in [2.24, 2.45) is 0 Å². The number of aromatic nitrogens is 4. The summed E-state index contributed by atoms with van der Waals surface area (Å²) in [6.07, 6.45) is 0.500. The SMILES string of the molecule is COC(=O)C(CO)n1c(=O)c2cc3c(=O)n(C(C)CO)c(=O)c3cc2c1=O.COC(=O)C(COC(c1ccccc1)(c1ccc(OC)cc1)c1ccc(OC)cc1)n1c(=O)c2cc3c(=O)n(C(C)CO)c(=O)c3cc2c1=O.O=C=O.O=C=O. The predicted octanol–water partition coefficient (Wildman–Crippen LogP) is 0.211. The molecule has 0 fully saturated rings. The molecule has 0 amide bonds. The second kappa shape index (κ2) is 26.4. The summed E-state index contributed by atoms with van der Waals surface area (Å²) >= 11 is 0. The van der Waals surface area contributed by atoms with Crippen LogP contribution < -0.4 is 53.9 Å². The Morgan fingerprint density at radius 1 is 0.434 bits per heavy atom. The summed E-state index contributed by atoms with van der Waals surface area (Å²) in [5.41, 5.74) is -5.68. The van der Waals surface area contributed by atoms with Crippen LogP contribution in [0.1, 0.15) is 54.7 Å². The van der Waals surface area contributed by atoms with Crippen LogP contribution in [0.2, 0.25) is 0 Å². The molecule has 0 saturated heterocycles. The first-order chi connectivity index (χ1) is 39.7. The van der Waals surface area contributed by atoms with Crippen LogP contribution in [-0.2, 0) is 48.6 Å². The smallest absolute Gasteiger partial charge is 0.373 e. The fourth-order valence-electron chi connectivity index (χ4n) is 9.61. The summed E-state index contributed by atoms with van der Waals surface area (Å²) in [6, 6.07) is 23.6.